The number of benzene rings is 3. The maximum Gasteiger partial charge on any atom is 0.264 e. The summed E-state index contributed by atoms with van der Waals surface area (Å²) in [6.07, 6.45) is -0.393. The van der Waals surface area contributed by atoms with E-state index in [0.717, 1.165) is 4.31 Å². The Bertz CT molecular complexity index is 1250. The molecule has 4 rings (SSSR count). The predicted molar refractivity (Wildman–Crippen MR) is 127 cm³/mol. The average Bonchev–Trinajstić information content (AvgIpc) is 2.83. The van der Waals surface area contributed by atoms with Crippen molar-refractivity contribution in [2.45, 2.75) is 17.9 Å². The Morgan fingerprint density at radius 2 is 1.76 bits per heavy atom. The zero-order valence-electron chi connectivity index (χ0n) is 17.9. The molecule has 1 amide bonds. The van der Waals surface area contributed by atoms with Gasteiger partial charge in [0.1, 0.15) is 19.3 Å². The van der Waals surface area contributed by atoms with Crippen LogP contribution in [0, 0.1) is 6.92 Å². The Hall–Kier alpha value is -3.23. The normalized spacial score (nSPS) is 15.0. The van der Waals surface area contributed by atoms with E-state index in [-0.39, 0.29) is 18.0 Å². The summed E-state index contributed by atoms with van der Waals surface area (Å²) in [5.41, 5.74) is 1.01. The van der Waals surface area contributed by atoms with Crippen molar-refractivity contribution in [3.63, 3.8) is 0 Å². The smallest absolute Gasteiger partial charge is 0.264 e. The molecule has 0 saturated carbocycles. The fraction of sp³-hybridized carbons (Fsp3) is 0.208. The molecule has 9 heteroatoms. The van der Waals surface area contributed by atoms with Crippen LogP contribution in [0.25, 0.3) is 0 Å². The van der Waals surface area contributed by atoms with E-state index in [4.69, 9.17) is 21.1 Å². The average molecular weight is 487 g/mol. The van der Waals surface area contributed by atoms with Crippen LogP contribution in [0.1, 0.15) is 5.56 Å². The lowest BCUT2D eigenvalue weighted by atomic mass is 10.2. The zero-order valence-corrected chi connectivity index (χ0v) is 19.5. The fourth-order valence-corrected chi connectivity index (χ4v) is 5.11. The summed E-state index contributed by atoms with van der Waals surface area (Å²) in [4.78, 5) is 12.9. The molecule has 1 aliphatic rings. The number of para-hydroxylation sites is 2. The first-order valence-electron chi connectivity index (χ1n) is 10.3. The number of ether oxygens (including phenoxy) is 2. The Labute approximate surface area is 197 Å². The number of carbonyl (C=O) groups is 1. The van der Waals surface area contributed by atoms with E-state index in [9.17, 15) is 13.2 Å². The molecule has 0 aromatic heterocycles. The van der Waals surface area contributed by atoms with Crippen LogP contribution in [0.2, 0.25) is 5.02 Å². The second-order valence-corrected chi connectivity index (χ2v) is 9.86. The lowest BCUT2D eigenvalue weighted by Gasteiger charge is -2.28. The number of sulfonamides is 1. The molecule has 172 valence electrons. The summed E-state index contributed by atoms with van der Waals surface area (Å²) >= 11 is 6.15. The molecule has 7 nitrogen and oxygen atoms in total. The Morgan fingerprint density at radius 3 is 2.52 bits per heavy atom. The monoisotopic (exact) mass is 486 g/mol. The van der Waals surface area contributed by atoms with E-state index in [1.807, 2.05) is 18.2 Å². The molecule has 1 N–H and O–H groups in total. The van der Waals surface area contributed by atoms with Crippen LogP contribution >= 0.6 is 11.6 Å². The second kappa shape index (κ2) is 9.72. The van der Waals surface area contributed by atoms with Gasteiger partial charge in [-0.2, -0.15) is 0 Å². The summed E-state index contributed by atoms with van der Waals surface area (Å²) in [6, 6.07) is 20.2. The van der Waals surface area contributed by atoms with Crippen molar-refractivity contribution in [3.8, 4) is 11.5 Å². The van der Waals surface area contributed by atoms with Gasteiger partial charge in [0.15, 0.2) is 11.5 Å². The minimum absolute atomic E-state index is 0.0813. The number of rotatable bonds is 7. The maximum absolute atomic E-state index is 13.4. The highest BCUT2D eigenvalue weighted by atomic mass is 35.5. The topological polar surface area (TPSA) is 84.9 Å². The lowest BCUT2D eigenvalue weighted by molar-refractivity contribution is -0.120. The third-order valence-corrected chi connectivity index (χ3v) is 7.16. The minimum Gasteiger partial charge on any atom is -0.486 e. The highest BCUT2D eigenvalue weighted by Gasteiger charge is 2.29. The molecule has 1 atom stereocenters. The van der Waals surface area contributed by atoms with Crippen LogP contribution in [0.5, 0.6) is 11.5 Å². The standard InChI is InChI=1S/C24H23ClN2O5S/c1-17-11-12-18(25)13-21(17)27(33(29,30)20-7-3-2-4-8-20)15-24(28)26-14-19-16-31-22-9-5-6-10-23(22)32-19/h2-13,19H,14-16H2,1H3,(H,26,28)/t19-/m1/s1. The molecule has 0 saturated heterocycles. The largest absolute Gasteiger partial charge is 0.486 e. The van der Waals surface area contributed by atoms with E-state index in [0.29, 0.717) is 27.8 Å². The maximum atomic E-state index is 13.4. The number of carbonyl (C=O) groups excluding carboxylic acids is 1. The van der Waals surface area contributed by atoms with Crippen LogP contribution < -0.4 is 19.1 Å². The van der Waals surface area contributed by atoms with Gasteiger partial charge < -0.3 is 14.8 Å². The van der Waals surface area contributed by atoms with E-state index in [2.05, 4.69) is 5.32 Å². The van der Waals surface area contributed by atoms with Gasteiger partial charge in [-0.05, 0) is 48.9 Å². The Kier molecular flexibility index (Phi) is 6.76. The van der Waals surface area contributed by atoms with Crippen LogP contribution in [0.15, 0.2) is 77.7 Å². The van der Waals surface area contributed by atoms with Gasteiger partial charge in [-0.15, -0.1) is 0 Å². The highest BCUT2D eigenvalue weighted by molar-refractivity contribution is 7.92. The molecule has 3 aromatic carbocycles. The number of anilines is 1. The summed E-state index contributed by atoms with van der Waals surface area (Å²) < 4.78 is 39.5. The zero-order chi connectivity index (χ0) is 23.4. The van der Waals surface area contributed by atoms with E-state index < -0.39 is 28.6 Å². The third kappa shape index (κ3) is 5.23. The Morgan fingerprint density at radius 1 is 1.06 bits per heavy atom. The van der Waals surface area contributed by atoms with Crippen LogP contribution in [-0.2, 0) is 14.8 Å². The van der Waals surface area contributed by atoms with Gasteiger partial charge in [-0.3, -0.25) is 9.10 Å². The van der Waals surface area contributed by atoms with Crippen molar-refractivity contribution in [2.75, 3.05) is 24.0 Å². The molecule has 33 heavy (non-hydrogen) atoms. The summed E-state index contributed by atoms with van der Waals surface area (Å²) in [5, 5.41) is 3.13. The predicted octanol–water partition coefficient (Wildman–Crippen LogP) is 3.80. The van der Waals surface area contributed by atoms with Crippen LogP contribution in [0.3, 0.4) is 0 Å². The van der Waals surface area contributed by atoms with Crippen molar-refractivity contribution >= 4 is 33.2 Å². The lowest BCUT2D eigenvalue weighted by Crippen LogP contribution is -2.45. The van der Waals surface area contributed by atoms with E-state index >= 15 is 0 Å². The van der Waals surface area contributed by atoms with Crippen molar-refractivity contribution in [1.29, 1.82) is 0 Å². The molecule has 0 aliphatic carbocycles. The van der Waals surface area contributed by atoms with Crippen molar-refractivity contribution in [3.05, 3.63) is 83.4 Å². The number of amides is 1. The van der Waals surface area contributed by atoms with Gasteiger partial charge in [0.05, 0.1) is 17.1 Å². The van der Waals surface area contributed by atoms with Gasteiger partial charge >= 0.3 is 0 Å². The Balaban J connectivity index is 1.52. The molecule has 3 aromatic rings. The van der Waals surface area contributed by atoms with E-state index in [1.54, 1.807) is 49.4 Å². The molecule has 0 bridgehead atoms. The molecule has 0 unspecified atom stereocenters. The molecule has 0 spiro atoms. The van der Waals surface area contributed by atoms with Crippen molar-refractivity contribution in [2.24, 2.45) is 0 Å². The number of aryl methyl sites for hydroxylation is 1. The van der Waals surface area contributed by atoms with Crippen molar-refractivity contribution < 1.29 is 22.7 Å². The first kappa shape index (κ1) is 22.9. The van der Waals surface area contributed by atoms with Crippen molar-refractivity contribution in [1.82, 2.24) is 5.32 Å². The van der Waals surface area contributed by atoms with Gasteiger partial charge in [0.2, 0.25) is 5.91 Å². The number of hydrogen-bond acceptors (Lipinski definition) is 5. The van der Waals surface area contributed by atoms with Gasteiger partial charge in [-0.25, -0.2) is 8.42 Å². The molecular formula is C24H23ClN2O5S. The highest BCUT2D eigenvalue weighted by Crippen LogP contribution is 2.31. The quantitative estimate of drug-likeness (QED) is 0.549. The molecule has 0 radical (unpaired) electrons. The fourth-order valence-electron chi connectivity index (χ4n) is 3.45. The number of halogens is 1. The molecular weight excluding hydrogens is 464 g/mol. The molecule has 0 fully saturated rings. The molecule has 1 aliphatic heterocycles. The molecule has 1 heterocycles. The number of fused-ring (bicyclic) bond motifs is 1. The van der Waals surface area contributed by atoms with Gasteiger partial charge in [0.25, 0.3) is 10.0 Å². The number of nitrogens with one attached hydrogen (secondary N) is 1. The summed E-state index contributed by atoms with van der Waals surface area (Å²) in [6.45, 7) is 1.79. The van der Waals surface area contributed by atoms with Gasteiger partial charge in [-0.1, -0.05) is 48.0 Å². The third-order valence-electron chi connectivity index (χ3n) is 5.15. The number of hydrogen-bond donors (Lipinski definition) is 1. The van der Waals surface area contributed by atoms with Crippen LogP contribution in [-0.4, -0.2) is 40.1 Å². The summed E-state index contributed by atoms with van der Waals surface area (Å²) in [7, 11) is -4.01. The van der Waals surface area contributed by atoms with Crippen LogP contribution in [0.4, 0.5) is 5.69 Å². The summed E-state index contributed by atoms with van der Waals surface area (Å²) in [5.74, 6) is 0.777. The second-order valence-electron chi connectivity index (χ2n) is 7.56. The number of nitrogens with zero attached hydrogens (tertiary/aromatic N) is 1. The first-order chi connectivity index (χ1) is 15.8. The van der Waals surface area contributed by atoms with Gasteiger partial charge in [0, 0.05) is 5.02 Å². The van der Waals surface area contributed by atoms with E-state index in [1.165, 1.54) is 12.1 Å². The SMILES string of the molecule is Cc1ccc(Cl)cc1N(CC(=O)NC[C@@H]1COc2ccccc2O1)S(=O)(=O)c1ccccc1. The first-order valence-corrected chi connectivity index (χ1v) is 12.2. The minimum atomic E-state index is -4.01.